The second-order valence-corrected chi connectivity index (χ2v) is 10.8. The molecular formula is C27H38ClN5O4. The van der Waals surface area contributed by atoms with Gasteiger partial charge in [-0.15, -0.1) is 6.58 Å². The number of nitrogens with zero attached hydrogens (tertiary/aromatic N) is 3. The summed E-state index contributed by atoms with van der Waals surface area (Å²) < 4.78 is 5.45. The van der Waals surface area contributed by atoms with Crippen molar-refractivity contribution in [2.24, 2.45) is 0 Å². The van der Waals surface area contributed by atoms with Gasteiger partial charge in [0.1, 0.15) is 0 Å². The van der Waals surface area contributed by atoms with E-state index in [2.05, 4.69) is 22.1 Å². The van der Waals surface area contributed by atoms with E-state index in [0.717, 1.165) is 0 Å². The minimum Gasteiger partial charge on any atom is -0.463 e. The molecule has 2 aliphatic rings. The lowest BCUT2D eigenvalue weighted by atomic mass is 9.94. The number of ether oxygens (including phenoxy) is 1. The Kier molecular flexibility index (Phi) is 9.26. The molecule has 9 nitrogen and oxygen atoms in total. The van der Waals surface area contributed by atoms with Crippen LogP contribution in [0.5, 0.6) is 0 Å². The van der Waals surface area contributed by atoms with E-state index in [0.29, 0.717) is 48.0 Å². The average Bonchev–Trinajstić information content (AvgIpc) is 2.80. The van der Waals surface area contributed by atoms with Crippen molar-refractivity contribution in [1.29, 1.82) is 0 Å². The number of carbonyl (C=O) groups excluding carboxylic acids is 3. The van der Waals surface area contributed by atoms with Crippen LogP contribution in [0.1, 0.15) is 46.2 Å². The number of hydrogen-bond acceptors (Lipinski definition) is 5. The van der Waals surface area contributed by atoms with Gasteiger partial charge in [-0.1, -0.05) is 29.8 Å². The lowest BCUT2D eigenvalue weighted by Gasteiger charge is -2.43. The van der Waals surface area contributed by atoms with E-state index in [-0.39, 0.29) is 36.8 Å². The molecule has 2 heterocycles. The number of carbonyl (C=O) groups is 3. The molecule has 0 saturated carbocycles. The number of piperazine rings is 1. The molecule has 0 aliphatic carbocycles. The molecule has 10 heteroatoms. The summed E-state index contributed by atoms with van der Waals surface area (Å²) in [6.45, 7) is 15.9. The molecular weight excluding hydrogens is 494 g/mol. The van der Waals surface area contributed by atoms with Gasteiger partial charge in [-0.25, -0.2) is 14.4 Å². The lowest BCUT2D eigenvalue weighted by molar-refractivity contribution is -0.139. The van der Waals surface area contributed by atoms with E-state index in [1.165, 1.54) is 4.90 Å². The van der Waals surface area contributed by atoms with E-state index < -0.39 is 12.0 Å². The van der Waals surface area contributed by atoms with Crippen LogP contribution in [0.4, 0.5) is 9.59 Å². The standard InChI is InChI=1S/C27H38ClN5O4/c1-7-12-33-21(17-31-13-14-32(18(3)16-31)26(36)30-27(4,5)6)22(24(34)37-8-2)23(29-25(33)35)19-10-9-11-20(28)15-19/h7,9-11,15,18,23H,1,8,12-14,16-17H2,2-6H3,(H,29,35)(H,30,36)/t18-,23-/m0/s1. The van der Waals surface area contributed by atoms with Gasteiger partial charge in [0, 0.05) is 55.0 Å². The van der Waals surface area contributed by atoms with Gasteiger partial charge >= 0.3 is 18.0 Å². The lowest BCUT2D eigenvalue weighted by Crippen LogP contribution is -2.59. The topological polar surface area (TPSA) is 94.2 Å². The van der Waals surface area contributed by atoms with Crippen molar-refractivity contribution in [3.63, 3.8) is 0 Å². The highest BCUT2D eigenvalue weighted by Crippen LogP contribution is 2.33. The monoisotopic (exact) mass is 531 g/mol. The van der Waals surface area contributed by atoms with Crippen LogP contribution in [0.25, 0.3) is 0 Å². The number of rotatable bonds is 7. The van der Waals surface area contributed by atoms with E-state index in [1.54, 1.807) is 31.2 Å². The summed E-state index contributed by atoms with van der Waals surface area (Å²) in [6.07, 6.45) is 1.62. The van der Waals surface area contributed by atoms with Gasteiger partial charge in [-0.2, -0.15) is 0 Å². The molecule has 1 fully saturated rings. The van der Waals surface area contributed by atoms with Crippen molar-refractivity contribution < 1.29 is 19.1 Å². The number of nitrogens with one attached hydrogen (secondary N) is 2. The summed E-state index contributed by atoms with van der Waals surface area (Å²) in [5, 5.41) is 6.47. The molecule has 202 valence electrons. The fraction of sp³-hybridized carbons (Fsp3) is 0.519. The van der Waals surface area contributed by atoms with Gasteiger partial charge in [-0.05, 0) is 52.3 Å². The molecule has 0 bridgehead atoms. The molecule has 2 atom stereocenters. The molecule has 0 spiro atoms. The fourth-order valence-corrected chi connectivity index (χ4v) is 4.86. The Morgan fingerprint density at radius 1 is 1.30 bits per heavy atom. The van der Waals surface area contributed by atoms with E-state index in [4.69, 9.17) is 16.3 Å². The van der Waals surface area contributed by atoms with E-state index in [1.807, 2.05) is 38.7 Å². The zero-order valence-electron chi connectivity index (χ0n) is 22.3. The first-order valence-corrected chi connectivity index (χ1v) is 13.0. The number of esters is 1. The maximum atomic E-state index is 13.3. The van der Waals surface area contributed by atoms with Gasteiger partial charge < -0.3 is 20.3 Å². The van der Waals surface area contributed by atoms with Gasteiger partial charge in [0.05, 0.1) is 18.2 Å². The van der Waals surface area contributed by atoms with Crippen molar-refractivity contribution in [3.05, 3.63) is 58.8 Å². The van der Waals surface area contributed by atoms with Crippen LogP contribution in [0.15, 0.2) is 48.2 Å². The third-order valence-electron chi connectivity index (χ3n) is 6.26. The molecule has 0 unspecified atom stereocenters. The minimum absolute atomic E-state index is 0.0586. The number of halogens is 1. The molecule has 2 aliphatic heterocycles. The Morgan fingerprint density at radius 2 is 2.03 bits per heavy atom. The second kappa shape index (κ2) is 12.0. The van der Waals surface area contributed by atoms with Crippen molar-refractivity contribution in [2.45, 2.75) is 52.2 Å². The van der Waals surface area contributed by atoms with Gasteiger partial charge in [0.15, 0.2) is 0 Å². The summed E-state index contributed by atoms with van der Waals surface area (Å²) in [5.74, 6) is -0.493. The number of hydrogen-bond donors (Lipinski definition) is 2. The van der Waals surface area contributed by atoms with Gasteiger partial charge in [0.25, 0.3) is 0 Å². The Labute approximate surface area is 224 Å². The van der Waals surface area contributed by atoms with Crippen molar-refractivity contribution in [3.8, 4) is 0 Å². The van der Waals surface area contributed by atoms with Crippen molar-refractivity contribution in [1.82, 2.24) is 25.3 Å². The maximum absolute atomic E-state index is 13.3. The molecule has 1 aromatic rings. The highest BCUT2D eigenvalue weighted by Gasteiger charge is 2.39. The van der Waals surface area contributed by atoms with Crippen molar-refractivity contribution in [2.75, 3.05) is 39.3 Å². The van der Waals surface area contributed by atoms with Gasteiger partial charge in [0.2, 0.25) is 0 Å². The van der Waals surface area contributed by atoms with Crippen LogP contribution in [-0.4, -0.2) is 83.6 Å². The quantitative estimate of drug-likeness (QED) is 0.411. The Balaban J connectivity index is 1.96. The Morgan fingerprint density at radius 3 is 2.62 bits per heavy atom. The maximum Gasteiger partial charge on any atom is 0.338 e. The molecule has 3 rings (SSSR count). The van der Waals surface area contributed by atoms with Crippen LogP contribution in [-0.2, 0) is 9.53 Å². The number of benzene rings is 1. The van der Waals surface area contributed by atoms with Crippen LogP contribution >= 0.6 is 11.6 Å². The Hall–Kier alpha value is -3.04. The first-order chi connectivity index (χ1) is 17.4. The predicted molar refractivity (Wildman–Crippen MR) is 144 cm³/mol. The van der Waals surface area contributed by atoms with E-state index >= 15 is 0 Å². The highest BCUT2D eigenvalue weighted by molar-refractivity contribution is 6.30. The zero-order valence-corrected chi connectivity index (χ0v) is 23.1. The average molecular weight is 532 g/mol. The minimum atomic E-state index is -0.711. The predicted octanol–water partition coefficient (Wildman–Crippen LogP) is 3.92. The SMILES string of the molecule is C=CCN1C(=O)N[C@@H](c2cccc(Cl)c2)C(C(=O)OCC)=C1CN1CCN(C(=O)NC(C)(C)C)[C@@H](C)C1. The number of urea groups is 2. The second-order valence-electron chi connectivity index (χ2n) is 10.4. The van der Waals surface area contributed by atoms with Crippen molar-refractivity contribution >= 4 is 29.6 Å². The van der Waals surface area contributed by atoms with Gasteiger partial charge in [-0.3, -0.25) is 9.80 Å². The molecule has 1 saturated heterocycles. The summed E-state index contributed by atoms with van der Waals surface area (Å²) in [6, 6.07) is 5.89. The van der Waals surface area contributed by atoms with Crippen LogP contribution < -0.4 is 10.6 Å². The molecule has 4 amide bonds. The summed E-state index contributed by atoms with van der Waals surface area (Å²) >= 11 is 6.24. The molecule has 0 radical (unpaired) electrons. The summed E-state index contributed by atoms with van der Waals surface area (Å²) in [4.78, 5) is 44.9. The third kappa shape index (κ3) is 7.05. The van der Waals surface area contributed by atoms with Crippen LogP contribution in [0.3, 0.4) is 0 Å². The Bertz CT molecular complexity index is 1070. The summed E-state index contributed by atoms with van der Waals surface area (Å²) in [7, 11) is 0. The normalized spacial score (nSPS) is 21.0. The molecule has 37 heavy (non-hydrogen) atoms. The third-order valence-corrected chi connectivity index (χ3v) is 6.49. The first kappa shape index (κ1) is 28.5. The van der Waals surface area contributed by atoms with E-state index in [9.17, 15) is 14.4 Å². The van der Waals surface area contributed by atoms with Crippen LogP contribution in [0.2, 0.25) is 5.02 Å². The molecule has 1 aromatic carbocycles. The first-order valence-electron chi connectivity index (χ1n) is 12.6. The number of amides is 4. The molecule has 2 N–H and O–H groups in total. The molecule has 0 aromatic heterocycles. The smallest absolute Gasteiger partial charge is 0.338 e. The zero-order chi connectivity index (χ0) is 27.3. The fourth-order valence-electron chi connectivity index (χ4n) is 4.66. The summed E-state index contributed by atoms with van der Waals surface area (Å²) in [5.41, 5.74) is 1.29. The highest BCUT2D eigenvalue weighted by atomic mass is 35.5. The largest absolute Gasteiger partial charge is 0.463 e. The van der Waals surface area contributed by atoms with Crippen LogP contribution in [0, 0.1) is 0 Å².